The van der Waals surface area contributed by atoms with E-state index < -0.39 is 136 Å². The van der Waals surface area contributed by atoms with Gasteiger partial charge in [-0.3, -0.25) is 63.4 Å². The van der Waals surface area contributed by atoms with E-state index in [-0.39, 0.29) is 99.6 Å². The SMILES string of the molecule is CCCN(CC(=O)N[C@H](C(=O)N[C@H](C(N)=O)C(C)C)C(C)C)C(=O)[C@@H]1CCCN1C(=O)[C@H](Cc1ccc(O)cc1)NC(=O)[C@H](Cc1ccc(O)cc1)NC(=O)[C@H](C)NC(=O)[C@H](C)NC(=O)[C@H](Cc1ccc(O)cc1)NC(C)(CC)C(=O)C(C)(C)NC(C)(CC)C(C)(CC)C(=O)CCOCCOCCOCCN. The molecular weight excluding hydrogens is 1380 g/mol. The number of nitrogens with one attached hydrogen (secondary N) is 8. The highest BCUT2D eigenvalue weighted by Gasteiger charge is 2.53. The molecule has 0 aromatic heterocycles. The molecule has 596 valence electrons. The summed E-state index contributed by atoms with van der Waals surface area (Å²) in [4.78, 5) is 160. The molecule has 0 spiro atoms. The third-order valence-electron chi connectivity index (χ3n) is 20.3. The Kier molecular flexibility index (Phi) is 36.3. The van der Waals surface area contributed by atoms with Crippen LogP contribution in [0.3, 0.4) is 0 Å². The number of likely N-dealkylation sites (tertiary alicyclic amines) is 1. The first-order valence-electron chi connectivity index (χ1n) is 37.5. The zero-order valence-electron chi connectivity index (χ0n) is 65.5. The monoisotopic (exact) mass is 1500 g/mol. The number of aromatic hydroxyl groups is 3. The molecule has 11 atom stereocenters. The van der Waals surface area contributed by atoms with Gasteiger partial charge in [0.15, 0.2) is 5.78 Å². The van der Waals surface area contributed by atoms with Crippen molar-refractivity contribution in [3.63, 3.8) is 0 Å². The molecule has 1 fully saturated rings. The Bertz CT molecular complexity index is 3430. The van der Waals surface area contributed by atoms with Crippen LogP contribution in [0.1, 0.15) is 165 Å². The number of hydrogen-bond acceptors (Lipinski definition) is 20. The molecule has 1 aliphatic heterocycles. The van der Waals surface area contributed by atoms with Gasteiger partial charge in [0.2, 0.25) is 53.2 Å². The Labute approximate surface area is 631 Å². The van der Waals surface area contributed by atoms with Crippen LogP contribution in [-0.2, 0) is 86.2 Å². The van der Waals surface area contributed by atoms with Crippen molar-refractivity contribution in [1.29, 1.82) is 0 Å². The van der Waals surface area contributed by atoms with Gasteiger partial charge < -0.3 is 82.7 Å². The molecule has 29 nitrogen and oxygen atoms in total. The van der Waals surface area contributed by atoms with Crippen LogP contribution in [0.15, 0.2) is 72.8 Å². The van der Waals surface area contributed by atoms with Crippen LogP contribution >= 0.6 is 0 Å². The topological polar surface area (TPSA) is 431 Å². The molecule has 0 saturated carbocycles. The van der Waals surface area contributed by atoms with Gasteiger partial charge in [0.1, 0.15) is 65.3 Å². The quantitative estimate of drug-likeness (QED) is 0.0360. The predicted octanol–water partition coefficient (Wildman–Crippen LogP) is 3.42. The van der Waals surface area contributed by atoms with Gasteiger partial charge in [0.05, 0.1) is 63.3 Å². The van der Waals surface area contributed by atoms with Crippen LogP contribution < -0.4 is 54.0 Å². The van der Waals surface area contributed by atoms with Gasteiger partial charge in [-0.2, -0.15) is 0 Å². The molecule has 29 heteroatoms. The highest BCUT2D eigenvalue weighted by molar-refractivity contribution is 5.99. The van der Waals surface area contributed by atoms with E-state index in [9.17, 15) is 58.5 Å². The van der Waals surface area contributed by atoms with E-state index in [0.29, 0.717) is 75.3 Å². The smallest absolute Gasteiger partial charge is 0.246 e. The maximum absolute atomic E-state index is 15.3. The molecule has 15 N–H and O–H groups in total. The normalized spacial score (nSPS) is 16.8. The van der Waals surface area contributed by atoms with Gasteiger partial charge >= 0.3 is 0 Å². The lowest BCUT2D eigenvalue weighted by Crippen LogP contribution is -2.71. The Balaban J connectivity index is 1.57. The van der Waals surface area contributed by atoms with Crippen molar-refractivity contribution in [3.8, 4) is 17.2 Å². The van der Waals surface area contributed by atoms with Crippen molar-refractivity contribution in [1.82, 2.24) is 52.3 Å². The first-order chi connectivity index (χ1) is 50.3. The molecule has 1 saturated heterocycles. The van der Waals surface area contributed by atoms with Crippen LogP contribution in [0.4, 0.5) is 0 Å². The summed E-state index contributed by atoms with van der Waals surface area (Å²) in [5.74, 6) is -7.86. The third kappa shape index (κ3) is 26.9. The number of carbonyl (C=O) groups is 11. The maximum Gasteiger partial charge on any atom is 0.246 e. The largest absolute Gasteiger partial charge is 0.508 e. The molecule has 1 aliphatic rings. The van der Waals surface area contributed by atoms with Gasteiger partial charge in [0.25, 0.3) is 0 Å². The standard InChI is InChI=1S/C78H122N12O17/c1-16-36-89(47-63(95)85-65(49(7)8)71(101)86-64(48(5)6)66(80)96)73(103)61-21-20-37-90(61)72(102)60(46-54-26-32-57(93)33-27-54)84-69(99)58(44-52-22-28-55(91)29-23-52)83-68(98)51(10)81-67(97)50(9)82-70(100)59(45-53-24-30-56(92)31-25-53)87-77(14,18-3)74(104)75(11,12)88-78(15,19-4)76(13,17-2)62(94)34-38-105-40-42-107-43-41-106-39-35-79/h22-33,48-51,58-61,64-65,87-88,91-93H,16-21,34-47,79H2,1-15H3,(H2,80,96)(H,81,97)(H,82,100)(H,83,98)(H,84,99)(H,85,95)(H,86,101)/t50-,51-,58-,59-,60-,61-,64-,65-,76?,77?,78?/m0/s1. The van der Waals surface area contributed by atoms with Crippen molar-refractivity contribution in [3.05, 3.63) is 89.5 Å². The number of phenolic OH excluding ortho intramolecular Hbond substituents is 3. The summed E-state index contributed by atoms with van der Waals surface area (Å²) in [6, 6.07) is 7.93. The van der Waals surface area contributed by atoms with Crippen LogP contribution in [0, 0.1) is 17.3 Å². The van der Waals surface area contributed by atoms with Gasteiger partial charge in [-0.15, -0.1) is 0 Å². The van der Waals surface area contributed by atoms with Crippen molar-refractivity contribution in [2.45, 2.75) is 233 Å². The fourth-order valence-corrected chi connectivity index (χ4v) is 13.3. The van der Waals surface area contributed by atoms with Crippen molar-refractivity contribution < 1.29 is 82.3 Å². The van der Waals surface area contributed by atoms with Gasteiger partial charge in [0, 0.05) is 49.9 Å². The number of amides is 9. The summed E-state index contributed by atoms with van der Waals surface area (Å²) in [7, 11) is 0. The highest BCUT2D eigenvalue weighted by atomic mass is 16.5. The number of benzene rings is 3. The zero-order chi connectivity index (χ0) is 80.1. The minimum atomic E-state index is -1.46. The van der Waals surface area contributed by atoms with E-state index in [0.717, 1.165) is 0 Å². The number of carbonyl (C=O) groups excluding carboxylic acids is 11. The second-order valence-corrected chi connectivity index (χ2v) is 29.7. The number of nitrogens with two attached hydrogens (primary N) is 2. The number of ketones is 2. The van der Waals surface area contributed by atoms with E-state index in [2.05, 4.69) is 42.5 Å². The Morgan fingerprint density at radius 1 is 0.551 bits per heavy atom. The molecule has 9 amide bonds. The molecule has 3 unspecified atom stereocenters. The van der Waals surface area contributed by atoms with E-state index in [4.69, 9.17) is 25.7 Å². The Morgan fingerprint density at radius 3 is 1.48 bits per heavy atom. The minimum absolute atomic E-state index is 0.0202. The average molecular weight is 1500 g/mol. The molecule has 107 heavy (non-hydrogen) atoms. The van der Waals surface area contributed by atoms with Crippen LogP contribution in [-0.4, -0.2) is 221 Å². The van der Waals surface area contributed by atoms with Crippen molar-refractivity contribution >= 4 is 64.7 Å². The summed E-state index contributed by atoms with van der Waals surface area (Å²) in [6.07, 6.45) is 1.78. The second-order valence-electron chi connectivity index (χ2n) is 29.7. The van der Waals surface area contributed by atoms with E-state index in [1.807, 2.05) is 27.7 Å². The average Bonchev–Trinajstić information content (AvgIpc) is 1.31. The Morgan fingerprint density at radius 2 is 1.01 bits per heavy atom. The lowest BCUT2D eigenvalue weighted by atomic mass is 9.64. The zero-order valence-corrected chi connectivity index (χ0v) is 65.5. The highest BCUT2D eigenvalue weighted by Crippen LogP contribution is 2.41. The molecule has 0 radical (unpaired) electrons. The predicted molar refractivity (Wildman–Crippen MR) is 405 cm³/mol. The van der Waals surface area contributed by atoms with Gasteiger partial charge in [-0.1, -0.05) is 98.7 Å². The summed E-state index contributed by atoms with van der Waals surface area (Å²) in [6.45, 7) is 28.2. The summed E-state index contributed by atoms with van der Waals surface area (Å²) < 4.78 is 16.7. The fourth-order valence-electron chi connectivity index (χ4n) is 13.3. The third-order valence-corrected chi connectivity index (χ3v) is 20.3. The molecular formula is C78H122N12O17. The van der Waals surface area contributed by atoms with Crippen LogP contribution in [0.25, 0.3) is 0 Å². The fraction of sp³-hybridized carbons (Fsp3) is 0.628. The number of phenols is 3. The molecule has 3 aromatic rings. The summed E-state index contributed by atoms with van der Waals surface area (Å²) >= 11 is 0. The molecule has 4 rings (SSSR count). The maximum atomic E-state index is 15.3. The number of rotatable bonds is 48. The molecule has 0 aliphatic carbocycles. The summed E-state index contributed by atoms with van der Waals surface area (Å²) in [5, 5.41) is 53.8. The summed E-state index contributed by atoms with van der Waals surface area (Å²) in [5.41, 5.74) is 7.93. The number of primary amides is 1. The number of Topliss-reactive ketones (excluding diaryl/α,β-unsaturated/α-hetero) is 2. The Hall–Kier alpha value is -8.61. The first kappa shape index (κ1) is 90.8. The van der Waals surface area contributed by atoms with Crippen molar-refractivity contribution in [2.75, 3.05) is 65.8 Å². The lowest BCUT2D eigenvalue weighted by Gasteiger charge is -2.51. The van der Waals surface area contributed by atoms with Crippen LogP contribution in [0.2, 0.25) is 0 Å². The molecule has 1 heterocycles. The van der Waals surface area contributed by atoms with E-state index in [1.54, 1.807) is 86.6 Å². The van der Waals surface area contributed by atoms with E-state index in [1.165, 1.54) is 72.2 Å². The number of nitrogens with zero attached hydrogens (tertiary/aromatic N) is 2. The number of ether oxygens (including phenoxy) is 3. The second kappa shape index (κ2) is 42.8. The van der Waals surface area contributed by atoms with Crippen molar-refractivity contribution in [2.24, 2.45) is 28.7 Å². The first-order valence-corrected chi connectivity index (χ1v) is 37.5. The minimum Gasteiger partial charge on any atom is -0.508 e. The van der Waals surface area contributed by atoms with Crippen LogP contribution in [0.5, 0.6) is 17.2 Å². The number of hydrogen-bond donors (Lipinski definition) is 13. The van der Waals surface area contributed by atoms with Gasteiger partial charge in [-0.05, 0) is 151 Å². The van der Waals surface area contributed by atoms with Gasteiger partial charge in [-0.25, -0.2) is 0 Å². The lowest BCUT2D eigenvalue weighted by molar-refractivity contribution is -0.147. The van der Waals surface area contributed by atoms with E-state index >= 15 is 9.59 Å². The molecule has 0 bridgehead atoms. The molecule has 3 aromatic carbocycles.